The van der Waals surface area contributed by atoms with Gasteiger partial charge in [-0.1, -0.05) is 13.8 Å². The number of nitrogens with zero attached hydrogens (tertiary/aromatic N) is 2. The molecule has 0 aliphatic rings. The smallest absolute Gasteiger partial charge is 0.233 e. The van der Waals surface area contributed by atoms with Crippen LogP contribution >= 0.6 is 0 Å². The first kappa shape index (κ1) is 13.9. The van der Waals surface area contributed by atoms with E-state index in [0.29, 0.717) is 5.88 Å². The topological polar surface area (TPSA) is 47.0 Å². The summed E-state index contributed by atoms with van der Waals surface area (Å²) < 4.78 is 5.74. The summed E-state index contributed by atoms with van der Waals surface area (Å²) in [6.45, 7) is 10.1. The first-order valence-corrected chi connectivity index (χ1v) is 6.29. The van der Waals surface area contributed by atoms with Gasteiger partial charge in [0, 0.05) is 12.6 Å². The molecule has 0 fully saturated rings. The normalized spacial score (nSPS) is 11.5. The zero-order valence-corrected chi connectivity index (χ0v) is 11.3. The average Bonchev–Trinajstić information content (AvgIpc) is 2.31. The van der Waals surface area contributed by atoms with Crippen LogP contribution in [0.4, 0.5) is 0 Å². The summed E-state index contributed by atoms with van der Waals surface area (Å²) in [7, 11) is 0. The standard InChI is InChI=1S/C13H23N3O/c1-5-9-14-10-11-7-8-12(16-15-11)17-13(3,4)6-2/h7-8,14H,5-6,9-10H2,1-4H3. The Balaban J connectivity index is 2.50. The van der Waals surface area contributed by atoms with Crippen LogP contribution in [-0.2, 0) is 6.54 Å². The van der Waals surface area contributed by atoms with E-state index in [2.05, 4.69) is 29.4 Å². The second-order valence-electron chi connectivity index (χ2n) is 4.75. The molecule has 4 heteroatoms. The van der Waals surface area contributed by atoms with Gasteiger partial charge in [-0.25, -0.2) is 0 Å². The van der Waals surface area contributed by atoms with E-state index in [1.54, 1.807) is 0 Å². The third-order valence-electron chi connectivity index (χ3n) is 2.66. The molecule has 0 saturated carbocycles. The summed E-state index contributed by atoms with van der Waals surface area (Å²) in [5, 5.41) is 11.5. The zero-order valence-electron chi connectivity index (χ0n) is 11.3. The summed E-state index contributed by atoms with van der Waals surface area (Å²) >= 11 is 0. The molecule has 0 unspecified atom stereocenters. The molecule has 0 aliphatic heterocycles. The highest BCUT2D eigenvalue weighted by atomic mass is 16.5. The Morgan fingerprint density at radius 2 is 2.00 bits per heavy atom. The second-order valence-corrected chi connectivity index (χ2v) is 4.75. The van der Waals surface area contributed by atoms with Crippen LogP contribution in [0, 0.1) is 0 Å². The Labute approximate surface area is 104 Å². The molecule has 0 amide bonds. The van der Waals surface area contributed by atoms with Crippen molar-refractivity contribution in [3.05, 3.63) is 17.8 Å². The van der Waals surface area contributed by atoms with E-state index in [1.165, 1.54) is 0 Å². The van der Waals surface area contributed by atoms with E-state index in [-0.39, 0.29) is 5.60 Å². The van der Waals surface area contributed by atoms with Gasteiger partial charge < -0.3 is 10.1 Å². The van der Waals surface area contributed by atoms with E-state index >= 15 is 0 Å². The minimum atomic E-state index is -0.184. The molecule has 1 N–H and O–H groups in total. The lowest BCUT2D eigenvalue weighted by molar-refractivity contribution is 0.0975. The highest BCUT2D eigenvalue weighted by Crippen LogP contribution is 2.17. The monoisotopic (exact) mass is 237 g/mol. The molecule has 1 aromatic heterocycles. The maximum atomic E-state index is 5.74. The van der Waals surface area contributed by atoms with Crippen LogP contribution < -0.4 is 10.1 Å². The molecule has 1 rings (SSSR count). The molecular formula is C13H23N3O. The first-order valence-electron chi connectivity index (χ1n) is 6.29. The molecule has 0 radical (unpaired) electrons. The maximum Gasteiger partial charge on any atom is 0.233 e. The average molecular weight is 237 g/mol. The van der Waals surface area contributed by atoms with Gasteiger partial charge in [-0.2, -0.15) is 5.10 Å². The van der Waals surface area contributed by atoms with Gasteiger partial charge in [-0.3, -0.25) is 0 Å². The summed E-state index contributed by atoms with van der Waals surface area (Å²) in [6.07, 6.45) is 2.06. The molecule has 17 heavy (non-hydrogen) atoms. The van der Waals surface area contributed by atoms with Crippen molar-refractivity contribution in [2.75, 3.05) is 6.54 Å². The number of nitrogens with one attached hydrogen (secondary N) is 1. The fraction of sp³-hybridized carbons (Fsp3) is 0.692. The summed E-state index contributed by atoms with van der Waals surface area (Å²) in [5.41, 5.74) is 0.761. The molecule has 1 aromatic rings. The molecular weight excluding hydrogens is 214 g/mol. The van der Waals surface area contributed by atoms with Crippen molar-refractivity contribution in [1.82, 2.24) is 15.5 Å². The maximum absolute atomic E-state index is 5.74. The van der Waals surface area contributed by atoms with Crippen LogP contribution in [0.1, 0.15) is 46.2 Å². The van der Waals surface area contributed by atoms with Crippen LogP contribution in [0.2, 0.25) is 0 Å². The van der Waals surface area contributed by atoms with Gasteiger partial charge in [-0.05, 0) is 39.3 Å². The Kier molecular flexibility index (Phi) is 5.35. The SMILES string of the molecule is CCCNCc1ccc(OC(C)(C)CC)nn1. The molecule has 1 heterocycles. The van der Waals surface area contributed by atoms with E-state index in [1.807, 2.05) is 26.0 Å². The predicted molar refractivity (Wildman–Crippen MR) is 69.0 cm³/mol. The minimum absolute atomic E-state index is 0.184. The highest BCUT2D eigenvalue weighted by molar-refractivity contribution is 5.12. The fourth-order valence-electron chi connectivity index (χ4n) is 1.24. The molecule has 0 atom stereocenters. The summed E-state index contributed by atoms with van der Waals surface area (Å²) in [5.74, 6) is 0.594. The first-order chi connectivity index (χ1) is 8.07. The quantitative estimate of drug-likeness (QED) is 0.740. The lowest BCUT2D eigenvalue weighted by Crippen LogP contribution is -2.27. The fourth-order valence-corrected chi connectivity index (χ4v) is 1.24. The number of rotatable bonds is 7. The molecule has 0 saturated heterocycles. The van der Waals surface area contributed by atoms with Gasteiger partial charge in [0.05, 0.1) is 5.69 Å². The predicted octanol–water partition coefficient (Wildman–Crippen LogP) is 2.54. The van der Waals surface area contributed by atoms with E-state index in [0.717, 1.165) is 31.6 Å². The molecule has 0 spiro atoms. The van der Waals surface area contributed by atoms with Crippen molar-refractivity contribution in [2.24, 2.45) is 0 Å². The van der Waals surface area contributed by atoms with Crippen LogP contribution in [0.15, 0.2) is 12.1 Å². The third-order valence-corrected chi connectivity index (χ3v) is 2.66. The van der Waals surface area contributed by atoms with Crippen LogP contribution in [0.5, 0.6) is 5.88 Å². The Morgan fingerprint density at radius 1 is 1.24 bits per heavy atom. The molecule has 96 valence electrons. The molecule has 0 aromatic carbocycles. The van der Waals surface area contributed by atoms with Crippen LogP contribution in [0.3, 0.4) is 0 Å². The van der Waals surface area contributed by atoms with Gasteiger partial charge in [0.2, 0.25) is 5.88 Å². The Morgan fingerprint density at radius 3 is 2.53 bits per heavy atom. The van der Waals surface area contributed by atoms with Crippen molar-refractivity contribution < 1.29 is 4.74 Å². The summed E-state index contributed by atoms with van der Waals surface area (Å²) in [6, 6.07) is 3.84. The van der Waals surface area contributed by atoms with Crippen molar-refractivity contribution in [2.45, 2.75) is 52.7 Å². The van der Waals surface area contributed by atoms with Gasteiger partial charge in [0.15, 0.2) is 0 Å². The van der Waals surface area contributed by atoms with Crippen molar-refractivity contribution in [1.29, 1.82) is 0 Å². The Hall–Kier alpha value is -1.16. The largest absolute Gasteiger partial charge is 0.471 e. The van der Waals surface area contributed by atoms with Crippen molar-refractivity contribution >= 4 is 0 Å². The van der Waals surface area contributed by atoms with Crippen LogP contribution in [-0.4, -0.2) is 22.3 Å². The minimum Gasteiger partial charge on any atom is -0.471 e. The summed E-state index contributed by atoms with van der Waals surface area (Å²) in [4.78, 5) is 0. The molecule has 0 aliphatic carbocycles. The number of ether oxygens (including phenoxy) is 1. The highest BCUT2D eigenvalue weighted by Gasteiger charge is 2.17. The molecule has 0 bridgehead atoms. The Bertz CT molecular complexity index is 322. The third kappa shape index (κ3) is 5.13. The number of aromatic nitrogens is 2. The van der Waals surface area contributed by atoms with Gasteiger partial charge >= 0.3 is 0 Å². The van der Waals surface area contributed by atoms with E-state index < -0.39 is 0 Å². The second kappa shape index (κ2) is 6.55. The van der Waals surface area contributed by atoms with Crippen LogP contribution in [0.25, 0.3) is 0 Å². The van der Waals surface area contributed by atoms with Gasteiger partial charge in [0.25, 0.3) is 0 Å². The van der Waals surface area contributed by atoms with Gasteiger partial charge in [-0.15, -0.1) is 5.10 Å². The van der Waals surface area contributed by atoms with Crippen molar-refractivity contribution in [3.8, 4) is 5.88 Å². The molecule has 4 nitrogen and oxygen atoms in total. The lowest BCUT2D eigenvalue weighted by Gasteiger charge is -2.23. The number of hydrogen-bond acceptors (Lipinski definition) is 4. The van der Waals surface area contributed by atoms with Gasteiger partial charge in [0.1, 0.15) is 5.60 Å². The lowest BCUT2D eigenvalue weighted by atomic mass is 10.1. The van der Waals surface area contributed by atoms with E-state index in [9.17, 15) is 0 Å². The van der Waals surface area contributed by atoms with Crippen molar-refractivity contribution in [3.63, 3.8) is 0 Å². The zero-order chi connectivity index (χ0) is 12.7. The number of hydrogen-bond donors (Lipinski definition) is 1. The van der Waals surface area contributed by atoms with E-state index in [4.69, 9.17) is 4.74 Å².